The number of halogens is 5. The Morgan fingerprint density at radius 3 is 1.63 bits per heavy atom. The SMILES string of the molecule is CCCCCCCCCC(CCCCOCc1c(F)c(F)c(F)c(F)c1F)OC(OCC)OCC. The monoisotopic (exact) mass is 512 g/mol. The summed E-state index contributed by atoms with van der Waals surface area (Å²) in [6.45, 7) is 5.53. The average molecular weight is 513 g/mol. The minimum atomic E-state index is -2.17. The Morgan fingerprint density at radius 2 is 1.09 bits per heavy atom. The standard InChI is InChI=1S/C26H41F5O4/c1-4-7-8-9-10-11-12-15-19(35-26(33-5-2)34-6-3)16-13-14-17-32-18-20-21(27)23(29)25(31)24(30)22(20)28/h19,26H,4-18H2,1-3H3. The van der Waals surface area contributed by atoms with Gasteiger partial charge in [0.1, 0.15) is 0 Å². The zero-order chi connectivity index (χ0) is 26.1. The van der Waals surface area contributed by atoms with Crippen LogP contribution in [0.1, 0.15) is 97.0 Å². The summed E-state index contributed by atoms with van der Waals surface area (Å²) in [6, 6.07) is 0. The second kappa shape index (κ2) is 18.9. The minimum Gasteiger partial charge on any atom is -0.377 e. The lowest BCUT2D eigenvalue weighted by Gasteiger charge is -2.24. The summed E-state index contributed by atoms with van der Waals surface area (Å²) in [6.07, 6.45) is 11.1. The van der Waals surface area contributed by atoms with E-state index in [0.29, 0.717) is 32.5 Å². The molecule has 0 N–H and O–H groups in total. The largest absolute Gasteiger partial charge is 0.377 e. The highest BCUT2D eigenvalue weighted by Crippen LogP contribution is 2.24. The summed E-state index contributed by atoms with van der Waals surface area (Å²) in [4.78, 5) is 0. The van der Waals surface area contributed by atoms with Crippen LogP contribution < -0.4 is 0 Å². The van der Waals surface area contributed by atoms with Gasteiger partial charge in [0.05, 0.1) is 18.3 Å². The number of unbranched alkanes of at least 4 members (excludes halogenated alkanes) is 7. The molecule has 4 nitrogen and oxygen atoms in total. The number of hydrogen-bond acceptors (Lipinski definition) is 4. The van der Waals surface area contributed by atoms with Crippen molar-refractivity contribution in [3.8, 4) is 0 Å². The fraction of sp³-hybridized carbons (Fsp3) is 0.769. The first-order chi connectivity index (χ1) is 16.9. The van der Waals surface area contributed by atoms with E-state index in [2.05, 4.69) is 6.92 Å². The van der Waals surface area contributed by atoms with Crippen LogP contribution in [0.4, 0.5) is 22.0 Å². The van der Waals surface area contributed by atoms with Crippen LogP contribution in [0.15, 0.2) is 0 Å². The highest BCUT2D eigenvalue weighted by molar-refractivity contribution is 5.23. The number of ether oxygens (including phenoxy) is 4. The van der Waals surface area contributed by atoms with Crippen molar-refractivity contribution in [1.82, 2.24) is 0 Å². The molecule has 0 spiro atoms. The van der Waals surface area contributed by atoms with Crippen molar-refractivity contribution in [3.63, 3.8) is 0 Å². The summed E-state index contributed by atoms with van der Waals surface area (Å²) in [7, 11) is 0. The van der Waals surface area contributed by atoms with Gasteiger partial charge in [-0.25, -0.2) is 22.0 Å². The van der Waals surface area contributed by atoms with Crippen LogP contribution in [-0.4, -0.2) is 32.4 Å². The third kappa shape index (κ3) is 12.0. The Balaban J connectivity index is 2.47. The predicted molar refractivity (Wildman–Crippen MR) is 124 cm³/mol. The number of rotatable bonds is 21. The first-order valence-corrected chi connectivity index (χ1v) is 12.8. The molecular weight excluding hydrogens is 471 g/mol. The Hall–Kier alpha value is -1.29. The van der Waals surface area contributed by atoms with E-state index in [1.54, 1.807) is 0 Å². The van der Waals surface area contributed by atoms with Gasteiger partial charge in [-0.1, -0.05) is 51.9 Å². The van der Waals surface area contributed by atoms with Crippen molar-refractivity contribution in [2.24, 2.45) is 0 Å². The van der Waals surface area contributed by atoms with Gasteiger partial charge < -0.3 is 18.9 Å². The molecule has 0 aliphatic carbocycles. The van der Waals surface area contributed by atoms with Crippen LogP contribution in [0.5, 0.6) is 0 Å². The highest BCUT2D eigenvalue weighted by atomic mass is 19.2. The predicted octanol–water partition coefficient (Wildman–Crippen LogP) is 7.95. The lowest BCUT2D eigenvalue weighted by molar-refractivity contribution is -0.302. The van der Waals surface area contributed by atoms with Gasteiger partial charge in [0, 0.05) is 19.8 Å². The molecule has 35 heavy (non-hydrogen) atoms. The van der Waals surface area contributed by atoms with Crippen LogP contribution in [0.2, 0.25) is 0 Å². The van der Waals surface area contributed by atoms with Crippen LogP contribution in [-0.2, 0) is 25.6 Å². The molecule has 204 valence electrons. The van der Waals surface area contributed by atoms with Crippen LogP contribution in [0, 0.1) is 29.1 Å². The van der Waals surface area contributed by atoms with Crippen molar-refractivity contribution in [1.29, 1.82) is 0 Å². The summed E-state index contributed by atoms with van der Waals surface area (Å²) in [5.74, 6) is -9.82. The zero-order valence-corrected chi connectivity index (χ0v) is 21.3. The van der Waals surface area contributed by atoms with E-state index in [0.717, 1.165) is 19.3 Å². The molecule has 1 rings (SSSR count). The molecule has 1 unspecified atom stereocenters. The fourth-order valence-electron chi connectivity index (χ4n) is 3.69. The third-order valence-corrected chi connectivity index (χ3v) is 5.65. The molecule has 0 bridgehead atoms. The van der Waals surface area contributed by atoms with E-state index < -0.39 is 47.7 Å². The van der Waals surface area contributed by atoms with E-state index in [1.807, 2.05) is 13.8 Å². The molecule has 0 aromatic heterocycles. The summed E-state index contributed by atoms with van der Waals surface area (Å²) in [5.41, 5.74) is -0.960. The Labute approximate surface area is 206 Å². The maximum atomic E-state index is 13.7. The highest BCUT2D eigenvalue weighted by Gasteiger charge is 2.25. The maximum absolute atomic E-state index is 13.7. The molecule has 0 fully saturated rings. The molecule has 0 saturated heterocycles. The van der Waals surface area contributed by atoms with Crippen molar-refractivity contribution < 1.29 is 40.9 Å². The minimum absolute atomic E-state index is 0.0797. The van der Waals surface area contributed by atoms with E-state index in [-0.39, 0.29) is 12.7 Å². The summed E-state index contributed by atoms with van der Waals surface area (Å²) in [5, 5.41) is 0. The molecule has 1 atom stereocenters. The van der Waals surface area contributed by atoms with Gasteiger partial charge in [-0.3, -0.25) is 0 Å². The van der Waals surface area contributed by atoms with Crippen molar-refractivity contribution in [2.75, 3.05) is 19.8 Å². The van der Waals surface area contributed by atoms with Gasteiger partial charge in [0.2, 0.25) is 5.82 Å². The summed E-state index contributed by atoms with van der Waals surface area (Å²) >= 11 is 0. The van der Waals surface area contributed by atoms with Crippen LogP contribution in [0.3, 0.4) is 0 Å². The van der Waals surface area contributed by atoms with E-state index in [4.69, 9.17) is 18.9 Å². The van der Waals surface area contributed by atoms with Gasteiger partial charge in [0.15, 0.2) is 23.3 Å². The summed E-state index contributed by atoms with van der Waals surface area (Å²) < 4.78 is 89.4. The lowest BCUT2D eigenvalue weighted by atomic mass is 10.0. The Morgan fingerprint density at radius 1 is 0.600 bits per heavy atom. The molecule has 0 aliphatic heterocycles. The van der Waals surface area contributed by atoms with E-state index in [1.165, 1.54) is 32.1 Å². The fourth-order valence-corrected chi connectivity index (χ4v) is 3.69. The molecule has 0 radical (unpaired) electrons. The van der Waals surface area contributed by atoms with E-state index >= 15 is 0 Å². The normalized spacial score (nSPS) is 12.6. The lowest BCUT2D eigenvalue weighted by Crippen LogP contribution is -2.27. The van der Waals surface area contributed by atoms with Gasteiger partial charge in [-0.15, -0.1) is 0 Å². The van der Waals surface area contributed by atoms with Gasteiger partial charge in [-0.2, -0.15) is 0 Å². The van der Waals surface area contributed by atoms with Gasteiger partial charge >= 0.3 is 0 Å². The van der Waals surface area contributed by atoms with Crippen LogP contribution >= 0.6 is 0 Å². The smallest absolute Gasteiger partial charge is 0.271 e. The molecule has 0 amide bonds. The van der Waals surface area contributed by atoms with Crippen molar-refractivity contribution >= 4 is 0 Å². The first kappa shape index (κ1) is 31.7. The molecule has 1 aromatic carbocycles. The quantitative estimate of drug-likeness (QED) is 0.0551. The Bertz CT molecular complexity index is 670. The second-order valence-corrected chi connectivity index (χ2v) is 8.46. The van der Waals surface area contributed by atoms with E-state index in [9.17, 15) is 22.0 Å². The molecule has 0 saturated carbocycles. The molecular formula is C26H41F5O4. The maximum Gasteiger partial charge on any atom is 0.271 e. The zero-order valence-electron chi connectivity index (χ0n) is 21.3. The molecule has 9 heteroatoms. The second-order valence-electron chi connectivity index (χ2n) is 8.46. The number of benzene rings is 1. The van der Waals surface area contributed by atoms with Crippen molar-refractivity contribution in [2.45, 2.75) is 111 Å². The average Bonchev–Trinajstić information content (AvgIpc) is 2.84. The number of hydrogen-bond donors (Lipinski definition) is 0. The van der Waals surface area contributed by atoms with Crippen LogP contribution in [0.25, 0.3) is 0 Å². The van der Waals surface area contributed by atoms with Crippen molar-refractivity contribution in [3.05, 3.63) is 34.6 Å². The molecule has 0 heterocycles. The topological polar surface area (TPSA) is 36.9 Å². The first-order valence-electron chi connectivity index (χ1n) is 12.8. The molecule has 1 aromatic rings. The Kier molecular flexibility index (Phi) is 17.1. The van der Waals surface area contributed by atoms with Gasteiger partial charge in [-0.05, 0) is 39.5 Å². The molecule has 0 aliphatic rings. The third-order valence-electron chi connectivity index (χ3n) is 5.65. The van der Waals surface area contributed by atoms with Gasteiger partial charge in [0.25, 0.3) is 6.48 Å².